The summed E-state index contributed by atoms with van der Waals surface area (Å²) in [6.07, 6.45) is 2.20. The third kappa shape index (κ3) is 2.61. The van der Waals surface area contributed by atoms with E-state index in [4.69, 9.17) is 0 Å². The summed E-state index contributed by atoms with van der Waals surface area (Å²) in [5, 5.41) is 12.2. The highest BCUT2D eigenvalue weighted by Crippen LogP contribution is 2.30. The van der Waals surface area contributed by atoms with Gasteiger partial charge in [0.05, 0.1) is 11.2 Å². The Morgan fingerprint density at radius 2 is 2.12 bits per heavy atom. The van der Waals surface area contributed by atoms with Gasteiger partial charge in [-0.3, -0.25) is 4.79 Å². The van der Waals surface area contributed by atoms with Crippen LogP contribution in [-0.4, -0.2) is 23.2 Å². The highest BCUT2D eigenvalue weighted by Gasteiger charge is 2.34. The van der Waals surface area contributed by atoms with Crippen LogP contribution in [0.25, 0.3) is 0 Å². The maximum atomic E-state index is 13.3. The Kier molecular flexibility index (Phi) is 3.11. The van der Waals surface area contributed by atoms with Crippen molar-refractivity contribution in [3.63, 3.8) is 0 Å². The van der Waals surface area contributed by atoms with E-state index in [1.807, 2.05) is 0 Å². The Labute approximate surface area is 97.5 Å². The Morgan fingerprint density at radius 1 is 1.41 bits per heavy atom. The summed E-state index contributed by atoms with van der Waals surface area (Å²) < 4.78 is 25.9. The van der Waals surface area contributed by atoms with Gasteiger partial charge in [0, 0.05) is 12.6 Å². The van der Waals surface area contributed by atoms with Gasteiger partial charge in [-0.1, -0.05) is 0 Å². The second kappa shape index (κ2) is 4.41. The molecule has 0 bridgehead atoms. The van der Waals surface area contributed by atoms with Crippen molar-refractivity contribution >= 4 is 5.91 Å². The van der Waals surface area contributed by atoms with E-state index in [0.29, 0.717) is 18.9 Å². The van der Waals surface area contributed by atoms with Gasteiger partial charge in [0.1, 0.15) is 11.6 Å². The zero-order valence-electron chi connectivity index (χ0n) is 9.17. The molecule has 17 heavy (non-hydrogen) atoms. The molecule has 2 N–H and O–H groups in total. The molecule has 1 saturated carbocycles. The van der Waals surface area contributed by atoms with E-state index < -0.39 is 23.1 Å². The Morgan fingerprint density at radius 3 is 2.65 bits per heavy atom. The molecule has 0 heterocycles. The van der Waals surface area contributed by atoms with E-state index in [-0.39, 0.29) is 12.1 Å². The second-order valence-electron chi connectivity index (χ2n) is 4.38. The highest BCUT2D eigenvalue weighted by atomic mass is 19.1. The van der Waals surface area contributed by atoms with Gasteiger partial charge in [-0.2, -0.15) is 0 Å². The minimum Gasteiger partial charge on any atom is -0.388 e. The van der Waals surface area contributed by atoms with Crippen LogP contribution >= 0.6 is 0 Å². The summed E-state index contributed by atoms with van der Waals surface area (Å²) in [4.78, 5) is 11.6. The van der Waals surface area contributed by atoms with Crippen LogP contribution < -0.4 is 5.32 Å². The summed E-state index contributed by atoms with van der Waals surface area (Å²) in [6, 6.07) is 2.77. The topological polar surface area (TPSA) is 49.3 Å². The number of halogens is 2. The third-order valence-corrected chi connectivity index (χ3v) is 3.04. The van der Waals surface area contributed by atoms with Gasteiger partial charge in [0.2, 0.25) is 0 Å². The van der Waals surface area contributed by atoms with Gasteiger partial charge in [0.15, 0.2) is 0 Å². The zero-order valence-corrected chi connectivity index (χ0v) is 9.17. The van der Waals surface area contributed by atoms with Gasteiger partial charge in [-0.15, -0.1) is 0 Å². The summed E-state index contributed by atoms with van der Waals surface area (Å²) in [7, 11) is 0. The van der Waals surface area contributed by atoms with E-state index >= 15 is 0 Å². The lowest BCUT2D eigenvalue weighted by molar-refractivity contribution is -0.0300. The Balaban J connectivity index is 1.99. The third-order valence-electron chi connectivity index (χ3n) is 3.04. The summed E-state index contributed by atoms with van der Waals surface area (Å²) >= 11 is 0. The molecule has 3 nitrogen and oxygen atoms in total. The lowest BCUT2D eigenvalue weighted by Crippen LogP contribution is -2.47. The monoisotopic (exact) mass is 241 g/mol. The van der Waals surface area contributed by atoms with Crippen LogP contribution in [0, 0.1) is 11.6 Å². The Bertz CT molecular complexity index is 444. The van der Waals surface area contributed by atoms with Crippen molar-refractivity contribution < 1.29 is 18.7 Å². The molecule has 1 aromatic carbocycles. The second-order valence-corrected chi connectivity index (χ2v) is 4.38. The number of carbonyl (C=O) groups is 1. The maximum absolute atomic E-state index is 13.3. The van der Waals surface area contributed by atoms with Gasteiger partial charge < -0.3 is 10.4 Å². The van der Waals surface area contributed by atoms with Crippen LogP contribution in [0.5, 0.6) is 0 Å². The number of nitrogens with one attached hydrogen (secondary N) is 1. The molecule has 5 heteroatoms. The lowest BCUT2D eigenvalue weighted by Gasteiger charge is -2.36. The fourth-order valence-corrected chi connectivity index (χ4v) is 1.78. The van der Waals surface area contributed by atoms with Crippen molar-refractivity contribution in [3.05, 3.63) is 35.4 Å². The fourth-order valence-electron chi connectivity index (χ4n) is 1.78. The zero-order chi connectivity index (χ0) is 12.5. The quantitative estimate of drug-likeness (QED) is 0.844. The molecule has 0 saturated heterocycles. The number of benzene rings is 1. The fraction of sp³-hybridized carbons (Fsp3) is 0.417. The molecular weight excluding hydrogens is 228 g/mol. The first kappa shape index (κ1) is 12.0. The minimum absolute atomic E-state index is 0.0999. The molecule has 1 aliphatic carbocycles. The molecule has 1 amide bonds. The smallest absolute Gasteiger partial charge is 0.254 e. The molecule has 92 valence electrons. The number of hydrogen-bond acceptors (Lipinski definition) is 2. The van der Waals surface area contributed by atoms with Crippen molar-refractivity contribution in [2.45, 2.75) is 24.9 Å². The summed E-state index contributed by atoms with van der Waals surface area (Å²) in [6.45, 7) is 0.0999. The first-order chi connectivity index (χ1) is 8.00. The average molecular weight is 241 g/mol. The summed E-state index contributed by atoms with van der Waals surface area (Å²) in [5.41, 5.74) is -1.07. The van der Waals surface area contributed by atoms with Crippen LogP contribution in [0.2, 0.25) is 0 Å². The van der Waals surface area contributed by atoms with Crippen molar-refractivity contribution in [2.75, 3.05) is 6.54 Å². The van der Waals surface area contributed by atoms with Gasteiger partial charge in [-0.25, -0.2) is 8.78 Å². The highest BCUT2D eigenvalue weighted by molar-refractivity contribution is 5.94. The van der Waals surface area contributed by atoms with Crippen LogP contribution in [0.4, 0.5) is 8.78 Å². The van der Waals surface area contributed by atoms with Crippen LogP contribution in [-0.2, 0) is 0 Å². The predicted octanol–water partition coefficient (Wildman–Crippen LogP) is 1.61. The van der Waals surface area contributed by atoms with E-state index in [9.17, 15) is 18.7 Å². The molecule has 1 aliphatic rings. The van der Waals surface area contributed by atoms with Crippen molar-refractivity contribution in [2.24, 2.45) is 0 Å². The van der Waals surface area contributed by atoms with E-state index in [0.717, 1.165) is 18.6 Å². The predicted molar refractivity (Wildman–Crippen MR) is 57.5 cm³/mol. The normalized spacial score (nSPS) is 17.4. The maximum Gasteiger partial charge on any atom is 0.254 e. The number of amides is 1. The number of rotatable bonds is 3. The van der Waals surface area contributed by atoms with E-state index in [2.05, 4.69) is 5.32 Å². The molecule has 0 aromatic heterocycles. The van der Waals surface area contributed by atoms with Crippen molar-refractivity contribution in [1.29, 1.82) is 0 Å². The van der Waals surface area contributed by atoms with E-state index in [1.165, 1.54) is 0 Å². The largest absolute Gasteiger partial charge is 0.388 e. The molecule has 0 spiro atoms. The van der Waals surface area contributed by atoms with Gasteiger partial charge >= 0.3 is 0 Å². The number of carbonyl (C=O) groups excluding carboxylic acids is 1. The van der Waals surface area contributed by atoms with Gasteiger partial charge in [0.25, 0.3) is 5.91 Å². The minimum atomic E-state index is -0.900. The molecule has 0 unspecified atom stereocenters. The van der Waals surface area contributed by atoms with Crippen molar-refractivity contribution in [1.82, 2.24) is 5.32 Å². The average Bonchev–Trinajstić information content (AvgIpc) is 2.23. The van der Waals surface area contributed by atoms with Crippen LogP contribution in [0.15, 0.2) is 18.2 Å². The molecule has 0 aliphatic heterocycles. The summed E-state index contributed by atoms with van der Waals surface area (Å²) in [5.74, 6) is -2.26. The van der Waals surface area contributed by atoms with Crippen molar-refractivity contribution in [3.8, 4) is 0 Å². The SMILES string of the molecule is O=C(NCC1(O)CCC1)c1ccc(F)cc1F. The molecule has 0 radical (unpaired) electrons. The lowest BCUT2D eigenvalue weighted by atomic mass is 9.80. The van der Waals surface area contributed by atoms with Crippen LogP contribution in [0.1, 0.15) is 29.6 Å². The van der Waals surface area contributed by atoms with Gasteiger partial charge in [-0.05, 0) is 31.4 Å². The number of hydrogen-bond donors (Lipinski definition) is 2. The molecule has 2 rings (SSSR count). The number of aliphatic hydroxyl groups is 1. The first-order valence-electron chi connectivity index (χ1n) is 5.46. The van der Waals surface area contributed by atoms with E-state index in [1.54, 1.807) is 0 Å². The van der Waals surface area contributed by atoms with Crippen LogP contribution in [0.3, 0.4) is 0 Å². The molecule has 1 aromatic rings. The molecule has 0 atom stereocenters. The molecule has 1 fully saturated rings. The standard InChI is InChI=1S/C12H13F2NO2/c13-8-2-3-9(10(14)6-8)11(16)15-7-12(17)4-1-5-12/h2-3,6,17H,1,4-5,7H2,(H,15,16). The molecular formula is C12H13F2NO2. The Hall–Kier alpha value is -1.49. The first-order valence-corrected chi connectivity index (χ1v) is 5.46.